The molecule has 6 nitrogen and oxygen atoms in total. The van der Waals surface area contributed by atoms with Gasteiger partial charge in [-0.05, 0) is 53.6 Å². The summed E-state index contributed by atoms with van der Waals surface area (Å²) in [5.74, 6) is -0.798. The van der Waals surface area contributed by atoms with Gasteiger partial charge in [0, 0.05) is 30.9 Å². The minimum Gasteiger partial charge on any atom is -0.493 e. The number of nitrogens with one attached hydrogen (secondary N) is 1. The van der Waals surface area contributed by atoms with E-state index >= 15 is 0 Å². The van der Waals surface area contributed by atoms with Crippen LogP contribution in [0.5, 0.6) is 11.5 Å². The highest BCUT2D eigenvalue weighted by Crippen LogP contribution is 2.35. The molecule has 39 heavy (non-hydrogen) atoms. The van der Waals surface area contributed by atoms with E-state index in [1.54, 1.807) is 30.3 Å². The summed E-state index contributed by atoms with van der Waals surface area (Å²) in [6.45, 7) is -0.0464. The molecule has 10 heteroatoms. The van der Waals surface area contributed by atoms with Crippen molar-refractivity contribution >= 4 is 34.9 Å². The third-order valence-electron chi connectivity index (χ3n) is 6.00. The van der Waals surface area contributed by atoms with Crippen molar-refractivity contribution in [1.29, 1.82) is 0 Å². The Morgan fingerprint density at radius 1 is 0.923 bits per heavy atom. The molecule has 0 amide bonds. The molecule has 0 bridgehead atoms. The first kappa shape index (κ1) is 28.1. The van der Waals surface area contributed by atoms with Gasteiger partial charge >= 0.3 is 5.97 Å². The third kappa shape index (κ3) is 6.77. The number of benzene rings is 3. The van der Waals surface area contributed by atoms with Crippen LogP contribution in [0.2, 0.25) is 10.0 Å². The van der Waals surface area contributed by atoms with Crippen LogP contribution in [0.3, 0.4) is 0 Å². The molecule has 3 aromatic carbocycles. The van der Waals surface area contributed by atoms with Gasteiger partial charge in [-0.2, -0.15) is 0 Å². The van der Waals surface area contributed by atoms with Crippen LogP contribution >= 0.6 is 23.2 Å². The molecule has 1 aromatic heterocycles. The number of methoxy groups -OCH3 is 2. The van der Waals surface area contributed by atoms with E-state index in [0.29, 0.717) is 32.7 Å². The van der Waals surface area contributed by atoms with Gasteiger partial charge in [0.1, 0.15) is 17.7 Å². The van der Waals surface area contributed by atoms with Crippen LogP contribution in [0.4, 0.5) is 14.5 Å². The number of anilines is 1. The molecule has 0 saturated heterocycles. The Bertz CT molecular complexity index is 1470. The number of pyridine rings is 1. The number of nitrogens with zero attached hydrogens (tertiary/aromatic N) is 1. The highest BCUT2D eigenvalue weighted by atomic mass is 35.5. The van der Waals surface area contributed by atoms with E-state index in [0.717, 1.165) is 6.07 Å². The lowest BCUT2D eigenvalue weighted by Crippen LogP contribution is -2.15. The Kier molecular flexibility index (Phi) is 9.22. The number of halogens is 4. The van der Waals surface area contributed by atoms with E-state index in [1.807, 2.05) is 0 Å². The Hall–Kier alpha value is -3.88. The van der Waals surface area contributed by atoms with Gasteiger partial charge in [-0.3, -0.25) is 4.98 Å². The standard InChI is InChI=1S/C29H24Cl2F2N2O4/c1-37-26-10-8-17(12-28(26)38-2)27(13-20-21(30)15-34-16-22(20)31)39-29(36)18-7-9-23(32)19(11-18)14-35-25-6-4-3-5-24(25)33/h3-12,15-16,27,35H,13-14H2,1-2H3/t27-/m0/s1. The molecule has 1 atom stereocenters. The molecule has 4 aromatic rings. The third-order valence-corrected chi connectivity index (χ3v) is 6.65. The van der Waals surface area contributed by atoms with Gasteiger partial charge in [-0.15, -0.1) is 0 Å². The number of rotatable bonds is 10. The molecule has 202 valence electrons. The first-order valence-corrected chi connectivity index (χ1v) is 12.5. The minimum atomic E-state index is -0.847. The number of esters is 1. The number of aromatic nitrogens is 1. The molecule has 1 heterocycles. The summed E-state index contributed by atoms with van der Waals surface area (Å²) in [7, 11) is 3.01. The van der Waals surface area contributed by atoms with E-state index in [-0.39, 0.29) is 29.8 Å². The van der Waals surface area contributed by atoms with Gasteiger partial charge in [0.05, 0.1) is 35.5 Å². The molecule has 4 rings (SSSR count). The summed E-state index contributed by atoms with van der Waals surface area (Å²) >= 11 is 12.7. The molecule has 0 spiro atoms. The van der Waals surface area contributed by atoms with Crippen molar-refractivity contribution in [2.45, 2.75) is 19.1 Å². The molecule has 0 aliphatic carbocycles. The predicted octanol–water partition coefficient (Wildman–Crippen LogP) is 7.44. The van der Waals surface area contributed by atoms with Crippen LogP contribution in [-0.2, 0) is 17.7 Å². The van der Waals surface area contributed by atoms with Crippen molar-refractivity contribution in [3.8, 4) is 11.5 Å². The van der Waals surface area contributed by atoms with Gasteiger partial charge in [0.25, 0.3) is 0 Å². The van der Waals surface area contributed by atoms with E-state index in [4.69, 9.17) is 37.4 Å². The maximum atomic E-state index is 14.5. The average Bonchev–Trinajstić information content (AvgIpc) is 2.94. The molecular formula is C29H24Cl2F2N2O4. The smallest absolute Gasteiger partial charge is 0.338 e. The van der Waals surface area contributed by atoms with Gasteiger partial charge in [-0.25, -0.2) is 13.6 Å². The number of ether oxygens (including phenoxy) is 3. The second kappa shape index (κ2) is 12.8. The van der Waals surface area contributed by atoms with E-state index < -0.39 is 23.7 Å². The van der Waals surface area contributed by atoms with E-state index in [2.05, 4.69) is 10.3 Å². The number of hydrogen-bond donors (Lipinski definition) is 1. The summed E-state index contributed by atoms with van der Waals surface area (Å²) in [5, 5.41) is 3.47. The largest absolute Gasteiger partial charge is 0.493 e. The molecule has 1 N–H and O–H groups in total. The molecule has 0 fully saturated rings. The lowest BCUT2D eigenvalue weighted by molar-refractivity contribution is 0.0296. The van der Waals surface area contributed by atoms with Gasteiger partial charge in [0.2, 0.25) is 0 Å². The number of carbonyl (C=O) groups is 1. The van der Waals surface area contributed by atoms with E-state index in [1.165, 1.54) is 50.9 Å². The van der Waals surface area contributed by atoms with Crippen molar-refractivity contribution in [2.75, 3.05) is 19.5 Å². The predicted molar refractivity (Wildman–Crippen MR) is 146 cm³/mol. The number of para-hydroxylation sites is 1. The number of carbonyl (C=O) groups excluding carboxylic acids is 1. The molecule has 0 aliphatic heterocycles. The van der Waals surface area contributed by atoms with Crippen LogP contribution in [0.15, 0.2) is 73.1 Å². The molecule has 0 unspecified atom stereocenters. The molecular weight excluding hydrogens is 549 g/mol. The van der Waals surface area contributed by atoms with Crippen LogP contribution in [0, 0.1) is 11.6 Å². The molecule has 0 radical (unpaired) electrons. The quantitative estimate of drug-likeness (QED) is 0.199. The van der Waals surface area contributed by atoms with Crippen LogP contribution in [-0.4, -0.2) is 25.2 Å². The molecule has 0 saturated carbocycles. The minimum absolute atomic E-state index is 0.0464. The van der Waals surface area contributed by atoms with Crippen LogP contribution < -0.4 is 14.8 Å². The zero-order valence-electron chi connectivity index (χ0n) is 21.0. The zero-order chi connectivity index (χ0) is 27.9. The summed E-state index contributed by atoms with van der Waals surface area (Å²) in [5.41, 5.74) is 1.61. The van der Waals surface area contributed by atoms with Crippen molar-refractivity contribution in [1.82, 2.24) is 4.98 Å². The SMILES string of the molecule is COc1ccc([C@H](Cc2c(Cl)cncc2Cl)OC(=O)c2ccc(F)c(CNc3ccccc3F)c2)cc1OC. The van der Waals surface area contributed by atoms with Gasteiger partial charge < -0.3 is 19.5 Å². The first-order chi connectivity index (χ1) is 18.8. The van der Waals surface area contributed by atoms with Crippen LogP contribution in [0.1, 0.15) is 33.2 Å². The fraction of sp³-hybridized carbons (Fsp3) is 0.172. The highest BCUT2D eigenvalue weighted by molar-refractivity contribution is 6.35. The number of hydrogen-bond acceptors (Lipinski definition) is 6. The highest BCUT2D eigenvalue weighted by Gasteiger charge is 2.24. The Labute approximate surface area is 234 Å². The maximum absolute atomic E-state index is 14.5. The Morgan fingerprint density at radius 2 is 1.64 bits per heavy atom. The normalized spacial score (nSPS) is 11.5. The molecule has 0 aliphatic rings. The average molecular weight is 573 g/mol. The topological polar surface area (TPSA) is 69.7 Å². The lowest BCUT2D eigenvalue weighted by Gasteiger charge is -2.21. The van der Waals surface area contributed by atoms with Crippen molar-refractivity contribution in [3.05, 3.63) is 117 Å². The summed E-state index contributed by atoms with van der Waals surface area (Å²) in [6, 6.07) is 15.0. The Balaban J connectivity index is 1.62. The zero-order valence-corrected chi connectivity index (χ0v) is 22.5. The fourth-order valence-electron chi connectivity index (χ4n) is 3.93. The second-order valence-corrected chi connectivity index (χ2v) is 9.25. The summed E-state index contributed by atoms with van der Waals surface area (Å²) < 4.78 is 45.2. The van der Waals surface area contributed by atoms with Crippen molar-refractivity contribution in [2.24, 2.45) is 0 Å². The second-order valence-electron chi connectivity index (χ2n) is 8.43. The van der Waals surface area contributed by atoms with E-state index in [9.17, 15) is 13.6 Å². The maximum Gasteiger partial charge on any atom is 0.338 e. The van der Waals surface area contributed by atoms with Crippen LogP contribution in [0.25, 0.3) is 0 Å². The van der Waals surface area contributed by atoms with Gasteiger partial charge in [-0.1, -0.05) is 41.4 Å². The first-order valence-electron chi connectivity index (χ1n) is 11.8. The van der Waals surface area contributed by atoms with Crippen molar-refractivity contribution < 1.29 is 27.8 Å². The Morgan fingerprint density at radius 3 is 2.33 bits per heavy atom. The summed E-state index contributed by atoms with van der Waals surface area (Å²) in [4.78, 5) is 17.3. The lowest BCUT2D eigenvalue weighted by atomic mass is 10.0. The fourth-order valence-corrected chi connectivity index (χ4v) is 4.45. The van der Waals surface area contributed by atoms with Crippen molar-refractivity contribution in [3.63, 3.8) is 0 Å². The monoisotopic (exact) mass is 572 g/mol. The van der Waals surface area contributed by atoms with Gasteiger partial charge in [0.15, 0.2) is 11.5 Å². The summed E-state index contributed by atoms with van der Waals surface area (Å²) in [6.07, 6.45) is 2.18.